The summed E-state index contributed by atoms with van der Waals surface area (Å²) < 4.78 is 5.19. The molecule has 0 aliphatic carbocycles. The SMILES string of the molecule is COc1ccsc1C(=O)N1CCCC[C@H]1[C@H](C)O. The van der Waals surface area contributed by atoms with Gasteiger partial charge in [-0.3, -0.25) is 4.79 Å². The summed E-state index contributed by atoms with van der Waals surface area (Å²) >= 11 is 1.39. The molecule has 18 heavy (non-hydrogen) atoms. The smallest absolute Gasteiger partial charge is 0.268 e. The van der Waals surface area contributed by atoms with Gasteiger partial charge in [0.25, 0.3) is 5.91 Å². The predicted octanol–water partition coefficient (Wildman–Crippen LogP) is 2.13. The average molecular weight is 269 g/mol. The van der Waals surface area contributed by atoms with Gasteiger partial charge in [0.2, 0.25) is 0 Å². The number of thiophene rings is 1. The Bertz CT molecular complexity index is 416. The van der Waals surface area contributed by atoms with Crippen molar-refractivity contribution < 1.29 is 14.6 Å². The number of rotatable bonds is 3. The number of nitrogens with zero attached hydrogens (tertiary/aromatic N) is 1. The molecule has 0 aromatic carbocycles. The minimum absolute atomic E-state index is 0.0209. The summed E-state index contributed by atoms with van der Waals surface area (Å²) in [7, 11) is 1.57. The van der Waals surface area contributed by atoms with Crippen LogP contribution in [0.4, 0.5) is 0 Å². The summed E-state index contributed by atoms with van der Waals surface area (Å²) in [6, 6.07) is 1.73. The zero-order valence-corrected chi connectivity index (χ0v) is 11.6. The van der Waals surface area contributed by atoms with E-state index in [4.69, 9.17) is 4.74 Å². The molecule has 1 aromatic heterocycles. The molecule has 0 saturated carbocycles. The summed E-state index contributed by atoms with van der Waals surface area (Å²) in [5, 5.41) is 11.7. The number of aliphatic hydroxyl groups excluding tert-OH is 1. The van der Waals surface area contributed by atoms with Crippen molar-refractivity contribution in [2.75, 3.05) is 13.7 Å². The van der Waals surface area contributed by atoms with Gasteiger partial charge in [-0.1, -0.05) is 0 Å². The van der Waals surface area contributed by atoms with Crippen molar-refractivity contribution in [3.05, 3.63) is 16.3 Å². The highest BCUT2D eigenvalue weighted by molar-refractivity contribution is 7.12. The third-order valence-electron chi connectivity index (χ3n) is 3.41. The molecule has 2 heterocycles. The highest BCUT2D eigenvalue weighted by atomic mass is 32.1. The van der Waals surface area contributed by atoms with E-state index in [9.17, 15) is 9.90 Å². The van der Waals surface area contributed by atoms with Crippen LogP contribution in [0.2, 0.25) is 0 Å². The van der Waals surface area contributed by atoms with Gasteiger partial charge >= 0.3 is 0 Å². The van der Waals surface area contributed by atoms with E-state index in [1.54, 1.807) is 25.0 Å². The number of likely N-dealkylation sites (tertiary alicyclic amines) is 1. The Hall–Kier alpha value is -1.07. The van der Waals surface area contributed by atoms with Crippen LogP contribution in [-0.4, -0.2) is 41.7 Å². The first-order valence-corrected chi connectivity index (χ1v) is 7.13. The minimum Gasteiger partial charge on any atom is -0.495 e. The molecule has 1 saturated heterocycles. The van der Waals surface area contributed by atoms with Crippen LogP contribution >= 0.6 is 11.3 Å². The van der Waals surface area contributed by atoms with Gasteiger partial charge in [0.05, 0.1) is 19.3 Å². The van der Waals surface area contributed by atoms with Crippen LogP contribution in [0.5, 0.6) is 5.75 Å². The van der Waals surface area contributed by atoms with Gasteiger partial charge in [0.15, 0.2) is 0 Å². The van der Waals surface area contributed by atoms with Gasteiger partial charge in [0.1, 0.15) is 10.6 Å². The first kappa shape index (κ1) is 13.4. The third-order valence-corrected chi connectivity index (χ3v) is 4.29. The van der Waals surface area contributed by atoms with Crippen LogP contribution in [-0.2, 0) is 0 Å². The van der Waals surface area contributed by atoms with Crippen LogP contribution in [0.3, 0.4) is 0 Å². The number of carbonyl (C=O) groups is 1. The monoisotopic (exact) mass is 269 g/mol. The lowest BCUT2D eigenvalue weighted by Crippen LogP contribution is -2.48. The van der Waals surface area contributed by atoms with Crippen LogP contribution in [0.25, 0.3) is 0 Å². The van der Waals surface area contributed by atoms with Gasteiger partial charge in [-0.15, -0.1) is 11.3 Å². The van der Waals surface area contributed by atoms with Crippen molar-refractivity contribution in [1.29, 1.82) is 0 Å². The highest BCUT2D eigenvalue weighted by Crippen LogP contribution is 2.29. The summed E-state index contributed by atoms with van der Waals surface area (Å²) in [6.07, 6.45) is 2.46. The molecule has 4 nitrogen and oxygen atoms in total. The molecule has 100 valence electrons. The summed E-state index contributed by atoms with van der Waals surface area (Å²) in [6.45, 7) is 2.47. The number of piperidine rings is 1. The van der Waals surface area contributed by atoms with E-state index < -0.39 is 6.10 Å². The fourth-order valence-corrected chi connectivity index (χ4v) is 3.27. The maximum absolute atomic E-state index is 12.5. The van der Waals surface area contributed by atoms with Crippen LogP contribution in [0.15, 0.2) is 11.4 Å². The fourth-order valence-electron chi connectivity index (χ4n) is 2.46. The molecule has 5 heteroatoms. The Morgan fingerprint density at radius 3 is 3.06 bits per heavy atom. The second-order valence-electron chi connectivity index (χ2n) is 4.62. The second-order valence-corrected chi connectivity index (χ2v) is 5.54. The van der Waals surface area contributed by atoms with Crippen molar-refractivity contribution in [2.24, 2.45) is 0 Å². The maximum Gasteiger partial charge on any atom is 0.268 e. The van der Waals surface area contributed by atoms with Crippen molar-refractivity contribution in [3.8, 4) is 5.75 Å². The minimum atomic E-state index is -0.486. The molecule has 1 aliphatic rings. The molecule has 0 unspecified atom stereocenters. The van der Waals surface area contributed by atoms with Crippen molar-refractivity contribution >= 4 is 17.2 Å². The summed E-state index contributed by atoms with van der Waals surface area (Å²) in [4.78, 5) is 14.9. The number of hydrogen-bond donors (Lipinski definition) is 1. The maximum atomic E-state index is 12.5. The number of hydrogen-bond acceptors (Lipinski definition) is 4. The summed E-state index contributed by atoms with van der Waals surface area (Å²) in [5.74, 6) is 0.604. The largest absolute Gasteiger partial charge is 0.495 e. The molecule has 0 bridgehead atoms. The van der Waals surface area contributed by atoms with Gasteiger partial charge in [0, 0.05) is 6.54 Å². The zero-order chi connectivity index (χ0) is 13.1. The molecular formula is C13H19NO3S. The highest BCUT2D eigenvalue weighted by Gasteiger charge is 2.32. The number of ether oxygens (including phenoxy) is 1. The van der Waals surface area contributed by atoms with E-state index in [0.717, 1.165) is 25.8 Å². The Labute approximate surface area is 111 Å². The number of amides is 1. The fraction of sp³-hybridized carbons (Fsp3) is 0.615. The molecule has 2 rings (SSSR count). The topological polar surface area (TPSA) is 49.8 Å². The average Bonchev–Trinajstić information content (AvgIpc) is 2.86. The van der Waals surface area contributed by atoms with E-state index in [0.29, 0.717) is 10.6 Å². The Morgan fingerprint density at radius 1 is 1.61 bits per heavy atom. The molecule has 1 N–H and O–H groups in total. The molecular weight excluding hydrogens is 250 g/mol. The first-order valence-electron chi connectivity index (χ1n) is 6.25. The van der Waals surface area contributed by atoms with Gasteiger partial charge in [-0.05, 0) is 37.6 Å². The third kappa shape index (κ3) is 2.52. The standard InChI is InChI=1S/C13H19NO3S/c1-9(15)10-5-3-4-7-14(10)13(16)12-11(17-2)6-8-18-12/h6,8-10,15H,3-5,7H2,1-2H3/t9-,10-/m0/s1. The molecule has 2 atom stereocenters. The number of carbonyl (C=O) groups excluding carboxylic acids is 1. The second kappa shape index (κ2) is 5.71. The molecule has 1 aromatic rings. The van der Waals surface area contributed by atoms with Crippen molar-refractivity contribution in [1.82, 2.24) is 4.90 Å². The van der Waals surface area contributed by atoms with E-state index in [1.807, 2.05) is 5.38 Å². The quantitative estimate of drug-likeness (QED) is 0.914. The Balaban J connectivity index is 2.21. The predicted molar refractivity (Wildman–Crippen MR) is 71.2 cm³/mol. The van der Waals surface area contributed by atoms with E-state index >= 15 is 0 Å². The van der Waals surface area contributed by atoms with Gasteiger partial charge in [-0.25, -0.2) is 0 Å². The van der Waals surface area contributed by atoms with Crippen molar-refractivity contribution in [3.63, 3.8) is 0 Å². The molecule has 0 radical (unpaired) electrons. The van der Waals surface area contributed by atoms with Gasteiger partial charge < -0.3 is 14.7 Å². The first-order chi connectivity index (χ1) is 8.65. The number of methoxy groups -OCH3 is 1. The molecule has 1 aliphatic heterocycles. The lowest BCUT2D eigenvalue weighted by molar-refractivity contribution is 0.0282. The zero-order valence-electron chi connectivity index (χ0n) is 10.8. The number of aliphatic hydroxyl groups is 1. The van der Waals surface area contributed by atoms with E-state index in [1.165, 1.54) is 11.3 Å². The lowest BCUT2D eigenvalue weighted by Gasteiger charge is -2.37. The Kier molecular flexibility index (Phi) is 4.24. The van der Waals surface area contributed by atoms with E-state index in [2.05, 4.69) is 0 Å². The van der Waals surface area contributed by atoms with Crippen LogP contribution in [0, 0.1) is 0 Å². The molecule has 1 fully saturated rings. The van der Waals surface area contributed by atoms with E-state index in [-0.39, 0.29) is 11.9 Å². The van der Waals surface area contributed by atoms with Gasteiger partial charge in [-0.2, -0.15) is 0 Å². The van der Waals surface area contributed by atoms with Crippen LogP contribution < -0.4 is 4.74 Å². The Morgan fingerprint density at radius 2 is 2.39 bits per heavy atom. The molecule has 1 amide bonds. The van der Waals surface area contributed by atoms with Crippen LogP contribution in [0.1, 0.15) is 35.9 Å². The van der Waals surface area contributed by atoms with Crippen molar-refractivity contribution in [2.45, 2.75) is 38.3 Å². The molecule has 0 spiro atoms. The lowest BCUT2D eigenvalue weighted by atomic mass is 9.98. The normalized spacial score (nSPS) is 21.7. The summed E-state index contributed by atoms with van der Waals surface area (Å²) in [5.41, 5.74) is 0.